The Hall–Kier alpha value is -1.47. The molecule has 2 N–H and O–H groups in total. The molecule has 0 bridgehead atoms. The second kappa shape index (κ2) is 7.00. The summed E-state index contributed by atoms with van der Waals surface area (Å²) in [5.41, 5.74) is -0.917. The van der Waals surface area contributed by atoms with Crippen LogP contribution in [0.1, 0.15) is 31.1 Å². The van der Waals surface area contributed by atoms with E-state index in [1.165, 1.54) is 12.1 Å². The molecule has 21 heavy (non-hydrogen) atoms. The molecule has 0 aliphatic carbocycles. The molecule has 1 aromatic rings. The molecule has 0 radical (unpaired) electrons. The van der Waals surface area contributed by atoms with Crippen molar-refractivity contribution in [1.29, 1.82) is 0 Å². The first-order valence-electron chi connectivity index (χ1n) is 6.24. The highest BCUT2D eigenvalue weighted by Crippen LogP contribution is 2.15. The number of amides is 1. The van der Waals surface area contributed by atoms with Crippen LogP contribution in [0.4, 0.5) is 4.39 Å². The summed E-state index contributed by atoms with van der Waals surface area (Å²) in [6, 6.07) is 3.91. The third-order valence-corrected chi connectivity index (χ3v) is 2.80. The van der Waals surface area contributed by atoms with E-state index in [0.29, 0.717) is 4.47 Å². The molecule has 0 spiro atoms. The molecule has 0 heterocycles. The minimum Gasteiger partial charge on any atom is -0.458 e. The number of rotatable bonds is 4. The van der Waals surface area contributed by atoms with Gasteiger partial charge in [-0.3, -0.25) is 4.79 Å². The van der Waals surface area contributed by atoms with Gasteiger partial charge in [0.2, 0.25) is 0 Å². The number of carbonyl (C=O) groups excluding carboxylic acids is 2. The summed E-state index contributed by atoms with van der Waals surface area (Å²) in [5, 5.41) is 11.9. The second-order valence-electron chi connectivity index (χ2n) is 5.38. The lowest BCUT2D eigenvalue weighted by atomic mass is 10.2. The summed E-state index contributed by atoms with van der Waals surface area (Å²) < 4.78 is 19.0. The van der Waals surface area contributed by atoms with Crippen molar-refractivity contribution < 1.29 is 23.8 Å². The zero-order valence-electron chi connectivity index (χ0n) is 11.9. The molecule has 1 rings (SSSR count). The van der Waals surface area contributed by atoms with Crippen molar-refractivity contribution in [2.75, 3.05) is 6.54 Å². The van der Waals surface area contributed by atoms with Gasteiger partial charge in [-0.15, -0.1) is 0 Å². The normalized spacial score (nSPS) is 12.7. The smallest absolute Gasteiger partial charge is 0.337 e. The van der Waals surface area contributed by atoms with Crippen LogP contribution in [0.2, 0.25) is 0 Å². The summed E-state index contributed by atoms with van der Waals surface area (Å²) in [6.07, 6.45) is -1.51. The molecule has 116 valence electrons. The maximum Gasteiger partial charge on any atom is 0.337 e. The minimum absolute atomic E-state index is 0.180. The summed E-state index contributed by atoms with van der Waals surface area (Å²) in [5.74, 6) is -2.27. The van der Waals surface area contributed by atoms with Crippen LogP contribution in [0.15, 0.2) is 22.7 Å². The standard InChI is InChI=1S/C14H17BrFNO4/c1-14(2,3)21-13(20)11(18)7-17-12(19)9-6-8(15)4-5-10(9)16/h4-6,11,18H,7H2,1-3H3,(H,17,19)/t11-/m0/s1. The Labute approximate surface area is 130 Å². The molecule has 0 aliphatic heterocycles. The first kappa shape index (κ1) is 17.6. The van der Waals surface area contributed by atoms with Crippen LogP contribution in [0.5, 0.6) is 0 Å². The van der Waals surface area contributed by atoms with Crippen LogP contribution in [0.25, 0.3) is 0 Å². The Bertz CT molecular complexity index is 542. The van der Waals surface area contributed by atoms with E-state index in [0.717, 1.165) is 6.07 Å². The van der Waals surface area contributed by atoms with Crippen LogP contribution in [-0.4, -0.2) is 35.2 Å². The number of ether oxygens (including phenoxy) is 1. The fraction of sp³-hybridized carbons (Fsp3) is 0.429. The van der Waals surface area contributed by atoms with E-state index >= 15 is 0 Å². The number of hydrogen-bond donors (Lipinski definition) is 2. The van der Waals surface area contributed by atoms with E-state index < -0.39 is 29.4 Å². The SMILES string of the molecule is CC(C)(C)OC(=O)[C@@H](O)CNC(=O)c1cc(Br)ccc1F. The minimum atomic E-state index is -1.51. The van der Waals surface area contributed by atoms with Gasteiger partial charge in [-0.1, -0.05) is 15.9 Å². The molecular formula is C14H17BrFNO4. The number of aliphatic hydroxyl groups excluding tert-OH is 1. The maximum absolute atomic E-state index is 13.5. The number of hydrogen-bond acceptors (Lipinski definition) is 4. The number of carbonyl (C=O) groups is 2. The molecular weight excluding hydrogens is 345 g/mol. The lowest BCUT2D eigenvalue weighted by Crippen LogP contribution is -2.40. The fourth-order valence-corrected chi connectivity index (χ4v) is 1.77. The highest BCUT2D eigenvalue weighted by atomic mass is 79.9. The van der Waals surface area contributed by atoms with Gasteiger partial charge in [-0.2, -0.15) is 0 Å². The topological polar surface area (TPSA) is 75.6 Å². The largest absolute Gasteiger partial charge is 0.458 e. The highest BCUT2D eigenvalue weighted by Gasteiger charge is 2.24. The van der Waals surface area contributed by atoms with Crippen molar-refractivity contribution in [2.24, 2.45) is 0 Å². The van der Waals surface area contributed by atoms with Gasteiger partial charge >= 0.3 is 5.97 Å². The van der Waals surface area contributed by atoms with Gasteiger partial charge in [0.1, 0.15) is 11.4 Å². The molecule has 7 heteroatoms. The van der Waals surface area contributed by atoms with Crippen LogP contribution in [0.3, 0.4) is 0 Å². The van der Waals surface area contributed by atoms with Gasteiger partial charge in [0.05, 0.1) is 12.1 Å². The molecule has 0 aromatic heterocycles. The van der Waals surface area contributed by atoms with Gasteiger partial charge < -0.3 is 15.2 Å². The molecule has 5 nitrogen and oxygen atoms in total. The average molecular weight is 362 g/mol. The van der Waals surface area contributed by atoms with Crippen LogP contribution >= 0.6 is 15.9 Å². The van der Waals surface area contributed by atoms with Gasteiger partial charge in [-0.25, -0.2) is 9.18 Å². The van der Waals surface area contributed by atoms with E-state index in [2.05, 4.69) is 21.2 Å². The van der Waals surface area contributed by atoms with Crippen molar-refractivity contribution in [2.45, 2.75) is 32.5 Å². The third kappa shape index (κ3) is 5.81. The first-order valence-corrected chi connectivity index (χ1v) is 7.03. The van der Waals surface area contributed by atoms with Crippen molar-refractivity contribution in [3.05, 3.63) is 34.1 Å². The highest BCUT2D eigenvalue weighted by molar-refractivity contribution is 9.10. The molecule has 0 saturated carbocycles. The third-order valence-electron chi connectivity index (χ3n) is 2.31. The molecule has 1 atom stereocenters. The molecule has 1 amide bonds. The molecule has 0 aliphatic rings. The zero-order valence-corrected chi connectivity index (χ0v) is 13.5. The summed E-state index contributed by atoms with van der Waals surface area (Å²) in [6.45, 7) is 4.62. The molecule has 0 saturated heterocycles. The summed E-state index contributed by atoms with van der Waals surface area (Å²) >= 11 is 3.13. The number of nitrogens with one attached hydrogen (secondary N) is 1. The van der Waals surface area contributed by atoms with Crippen molar-refractivity contribution in [1.82, 2.24) is 5.32 Å². The quantitative estimate of drug-likeness (QED) is 0.804. The predicted molar refractivity (Wildman–Crippen MR) is 78.3 cm³/mol. The van der Waals surface area contributed by atoms with E-state index in [-0.39, 0.29) is 12.1 Å². The van der Waals surface area contributed by atoms with Gasteiger partial charge in [0.15, 0.2) is 6.10 Å². The van der Waals surface area contributed by atoms with Crippen molar-refractivity contribution >= 4 is 27.8 Å². The number of benzene rings is 1. The first-order chi connectivity index (χ1) is 9.60. The van der Waals surface area contributed by atoms with E-state index in [4.69, 9.17) is 4.74 Å². The molecule has 0 unspecified atom stereocenters. The summed E-state index contributed by atoms with van der Waals surface area (Å²) in [4.78, 5) is 23.3. The van der Waals surface area contributed by atoms with Gasteiger partial charge in [0.25, 0.3) is 5.91 Å². The lowest BCUT2D eigenvalue weighted by molar-refractivity contribution is -0.164. The fourth-order valence-electron chi connectivity index (χ4n) is 1.41. The van der Waals surface area contributed by atoms with E-state index in [1.54, 1.807) is 20.8 Å². The molecule has 1 aromatic carbocycles. The predicted octanol–water partition coefficient (Wildman–Crippen LogP) is 2.02. The monoisotopic (exact) mass is 361 g/mol. The van der Waals surface area contributed by atoms with Gasteiger partial charge in [-0.05, 0) is 39.0 Å². The second-order valence-corrected chi connectivity index (χ2v) is 6.30. The summed E-state index contributed by atoms with van der Waals surface area (Å²) in [7, 11) is 0. The van der Waals surface area contributed by atoms with Crippen molar-refractivity contribution in [3.63, 3.8) is 0 Å². The number of aliphatic hydroxyl groups is 1. The number of halogens is 2. The van der Waals surface area contributed by atoms with Crippen molar-refractivity contribution in [3.8, 4) is 0 Å². The van der Waals surface area contributed by atoms with E-state index in [1.807, 2.05) is 0 Å². The Kier molecular flexibility index (Phi) is 5.86. The zero-order chi connectivity index (χ0) is 16.2. The average Bonchev–Trinajstić information content (AvgIpc) is 2.36. The Morgan fingerprint density at radius 2 is 2.05 bits per heavy atom. The van der Waals surface area contributed by atoms with Crippen LogP contribution in [-0.2, 0) is 9.53 Å². The lowest BCUT2D eigenvalue weighted by Gasteiger charge is -2.21. The van der Waals surface area contributed by atoms with Crippen LogP contribution in [0, 0.1) is 5.82 Å². The Morgan fingerprint density at radius 1 is 1.43 bits per heavy atom. The molecule has 0 fully saturated rings. The Morgan fingerprint density at radius 3 is 2.62 bits per heavy atom. The Balaban J connectivity index is 2.60. The number of esters is 1. The maximum atomic E-state index is 13.5. The van der Waals surface area contributed by atoms with Crippen LogP contribution < -0.4 is 5.32 Å². The van der Waals surface area contributed by atoms with E-state index in [9.17, 15) is 19.1 Å². The van der Waals surface area contributed by atoms with Gasteiger partial charge in [0, 0.05) is 4.47 Å².